The number of hydrogen-bond acceptors (Lipinski definition) is 3. The van der Waals surface area contributed by atoms with Crippen molar-refractivity contribution < 1.29 is 9.59 Å². The monoisotopic (exact) mass is 305 g/mol. The number of carbonyl (C=O) groups excluding carboxylic acids is 2. The van der Waals surface area contributed by atoms with E-state index < -0.39 is 0 Å². The summed E-state index contributed by atoms with van der Waals surface area (Å²) in [5, 5.41) is 5.26. The summed E-state index contributed by atoms with van der Waals surface area (Å²) in [5.74, 6) is 0.210. The molecule has 1 aromatic carbocycles. The van der Waals surface area contributed by atoms with Gasteiger partial charge in [0.25, 0.3) is 0 Å². The summed E-state index contributed by atoms with van der Waals surface area (Å²) in [6.45, 7) is 7.75. The van der Waals surface area contributed by atoms with Crippen LogP contribution in [0.15, 0.2) is 24.3 Å². The zero-order valence-corrected chi connectivity index (χ0v) is 14.0. The number of nitrogens with zero attached hydrogens (tertiary/aromatic N) is 1. The molecule has 0 fully saturated rings. The Morgan fingerprint density at radius 2 is 1.73 bits per heavy atom. The van der Waals surface area contributed by atoms with Gasteiger partial charge in [0.05, 0.1) is 13.1 Å². The highest BCUT2D eigenvalue weighted by Gasteiger charge is 2.09. The van der Waals surface area contributed by atoms with Gasteiger partial charge >= 0.3 is 0 Å². The van der Waals surface area contributed by atoms with Gasteiger partial charge in [0, 0.05) is 13.1 Å². The van der Waals surface area contributed by atoms with Crippen LogP contribution in [0.4, 0.5) is 0 Å². The molecule has 5 heteroatoms. The number of benzene rings is 1. The highest BCUT2D eigenvalue weighted by molar-refractivity contribution is 5.85. The first-order valence-corrected chi connectivity index (χ1v) is 7.73. The van der Waals surface area contributed by atoms with Crippen molar-refractivity contribution in [3.63, 3.8) is 0 Å². The zero-order chi connectivity index (χ0) is 16.5. The second-order valence-corrected chi connectivity index (χ2v) is 5.80. The third-order valence-electron chi connectivity index (χ3n) is 3.33. The predicted molar refractivity (Wildman–Crippen MR) is 88.6 cm³/mol. The van der Waals surface area contributed by atoms with Crippen LogP contribution in [0.5, 0.6) is 0 Å². The van der Waals surface area contributed by atoms with Gasteiger partial charge in [0.15, 0.2) is 0 Å². The van der Waals surface area contributed by atoms with E-state index in [1.165, 1.54) is 11.1 Å². The minimum atomic E-state index is -0.164. The molecule has 0 unspecified atom stereocenters. The van der Waals surface area contributed by atoms with Crippen LogP contribution in [0.3, 0.4) is 0 Å². The number of likely N-dealkylation sites (N-methyl/N-ethyl adjacent to an activating group) is 2. The van der Waals surface area contributed by atoms with Crippen LogP contribution in [0, 0.1) is 0 Å². The molecule has 0 spiro atoms. The fraction of sp³-hybridized carbons (Fsp3) is 0.529. The molecule has 0 aromatic heterocycles. The van der Waals surface area contributed by atoms with Gasteiger partial charge in [-0.15, -0.1) is 0 Å². The van der Waals surface area contributed by atoms with E-state index in [4.69, 9.17) is 0 Å². The zero-order valence-electron chi connectivity index (χ0n) is 14.0. The summed E-state index contributed by atoms with van der Waals surface area (Å²) in [6.07, 6.45) is 0. The van der Waals surface area contributed by atoms with Gasteiger partial charge in [-0.05, 0) is 31.0 Å². The van der Waals surface area contributed by atoms with E-state index in [0.29, 0.717) is 19.0 Å². The molecule has 0 aliphatic carbocycles. The largest absolute Gasteiger partial charge is 0.355 e. The lowest BCUT2D eigenvalue weighted by atomic mass is 10.0. The van der Waals surface area contributed by atoms with E-state index in [-0.39, 0.29) is 24.9 Å². The maximum Gasteiger partial charge on any atom is 0.239 e. The lowest BCUT2D eigenvalue weighted by molar-refractivity contribution is -0.126. The molecule has 1 aromatic rings. The van der Waals surface area contributed by atoms with Gasteiger partial charge in [0.2, 0.25) is 11.8 Å². The van der Waals surface area contributed by atoms with Crippen molar-refractivity contribution in [2.45, 2.75) is 33.2 Å². The van der Waals surface area contributed by atoms with Crippen molar-refractivity contribution >= 4 is 11.8 Å². The Balaban J connectivity index is 2.37. The molecule has 22 heavy (non-hydrogen) atoms. The second kappa shape index (κ2) is 9.20. The van der Waals surface area contributed by atoms with Crippen LogP contribution >= 0.6 is 0 Å². The first-order chi connectivity index (χ1) is 10.4. The number of nitrogens with one attached hydrogen (secondary N) is 2. The van der Waals surface area contributed by atoms with Crippen LogP contribution in [0.1, 0.15) is 37.8 Å². The van der Waals surface area contributed by atoms with Crippen molar-refractivity contribution in [3.05, 3.63) is 35.4 Å². The SMILES string of the molecule is CCNC(=O)CNC(=O)CN(C)Cc1ccc(C(C)C)cc1. The highest BCUT2D eigenvalue weighted by atomic mass is 16.2. The summed E-state index contributed by atoms with van der Waals surface area (Å²) in [5.41, 5.74) is 2.48. The van der Waals surface area contributed by atoms with Crippen molar-refractivity contribution in [1.29, 1.82) is 0 Å². The van der Waals surface area contributed by atoms with Gasteiger partial charge < -0.3 is 10.6 Å². The summed E-state index contributed by atoms with van der Waals surface area (Å²) in [6, 6.07) is 8.45. The van der Waals surface area contributed by atoms with E-state index in [2.05, 4.69) is 48.7 Å². The van der Waals surface area contributed by atoms with Crippen LogP contribution in [0.2, 0.25) is 0 Å². The molecule has 0 aliphatic heterocycles. The molecular weight excluding hydrogens is 278 g/mol. The Bertz CT molecular complexity index is 483. The van der Waals surface area contributed by atoms with Gasteiger partial charge in [-0.2, -0.15) is 0 Å². The number of carbonyl (C=O) groups is 2. The van der Waals surface area contributed by atoms with Gasteiger partial charge in [-0.1, -0.05) is 38.1 Å². The molecule has 0 saturated carbocycles. The summed E-state index contributed by atoms with van der Waals surface area (Å²) < 4.78 is 0. The standard InChI is InChI=1S/C17H27N3O2/c1-5-18-16(21)10-19-17(22)12-20(4)11-14-6-8-15(9-7-14)13(2)3/h6-9,13H,5,10-12H2,1-4H3,(H,18,21)(H,19,22). The maximum absolute atomic E-state index is 11.8. The summed E-state index contributed by atoms with van der Waals surface area (Å²) >= 11 is 0. The van der Waals surface area contributed by atoms with E-state index in [1.807, 2.05) is 18.9 Å². The average Bonchev–Trinajstić information content (AvgIpc) is 2.46. The Kier molecular flexibility index (Phi) is 7.60. The first kappa shape index (κ1) is 18.2. The number of rotatable bonds is 8. The van der Waals surface area contributed by atoms with Crippen LogP contribution in [-0.4, -0.2) is 43.4 Å². The molecule has 2 amide bonds. The van der Waals surface area contributed by atoms with Gasteiger partial charge in [-0.25, -0.2) is 0 Å². The van der Waals surface area contributed by atoms with Crippen molar-refractivity contribution in [3.8, 4) is 0 Å². The van der Waals surface area contributed by atoms with Crippen molar-refractivity contribution in [2.75, 3.05) is 26.7 Å². The normalized spacial score (nSPS) is 10.8. The first-order valence-electron chi connectivity index (χ1n) is 7.73. The lowest BCUT2D eigenvalue weighted by Crippen LogP contribution is -2.41. The molecule has 0 aliphatic rings. The smallest absolute Gasteiger partial charge is 0.239 e. The fourth-order valence-corrected chi connectivity index (χ4v) is 2.12. The molecule has 2 N–H and O–H groups in total. The molecule has 1 rings (SSSR count). The van der Waals surface area contributed by atoms with Crippen LogP contribution < -0.4 is 10.6 Å². The maximum atomic E-state index is 11.8. The third kappa shape index (κ3) is 6.72. The molecule has 0 heterocycles. The molecule has 122 valence electrons. The Morgan fingerprint density at radius 1 is 1.09 bits per heavy atom. The van der Waals surface area contributed by atoms with Crippen molar-refractivity contribution in [1.82, 2.24) is 15.5 Å². The Labute approximate surface area is 133 Å². The van der Waals surface area contributed by atoms with Gasteiger partial charge in [-0.3, -0.25) is 14.5 Å². The molecule has 0 atom stereocenters. The van der Waals surface area contributed by atoms with E-state index in [0.717, 1.165) is 0 Å². The van der Waals surface area contributed by atoms with Crippen molar-refractivity contribution in [2.24, 2.45) is 0 Å². The molecular formula is C17H27N3O2. The molecule has 0 bridgehead atoms. The molecule has 0 radical (unpaired) electrons. The van der Waals surface area contributed by atoms with Crippen LogP contribution in [-0.2, 0) is 16.1 Å². The second-order valence-electron chi connectivity index (χ2n) is 5.80. The highest BCUT2D eigenvalue weighted by Crippen LogP contribution is 2.15. The fourth-order valence-electron chi connectivity index (χ4n) is 2.12. The molecule has 0 saturated heterocycles. The lowest BCUT2D eigenvalue weighted by Gasteiger charge is -2.17. The minimum absolute atomic E-state index is 0.0313. The van der Waals surface area contributed by atoms with E-state index >= 15 is 0 Å². The topological polar surface area (TPSA) is 61.4 Å². The van der Waals surface area contributed by atoms with E-state index in [9.17, 15) is 9.59 Å². The predicted octanol–water partition coefficient (Wildman–Crippen LogP) is 1.49. The number of hydrogen-bond donors (Lipinski definition) is 2. The number of amides is 2. The summed E-state index contributed by atoms with van der Waals surface area (Å²) in [7, 11) is 1.89. The average molecular weight is 305 g/mol. The Hall–Kier alpha value is -1.88. The van der Waals surface area contributed by atoms with E-state index in [1.54, 1.807) is 0 Å². The third-order valence-corrected chi connectivity index (χ3v) is 3.33. The quantitative estimate of drug-likeness (QED) is 0.765. The minimum Gasteiger partial charge on any atom is -0.355 e. The Morgan fingerprint density at radius 3 is 2.27 bits per heavy atom. The van der Waals surface area contributed by atoms with Crippen LogP contribution in [0.25, 0.3) is 0 Å². The summed E-state index contributed by atoms with van der Waals surface area (Å²) in [4.78, 5) is 25.0. The molecule has 5 nitrogen and oxygen atoms in total. The van der Waals surface area contributed by atoms with Gasteiger partial charge in [0.1, 0.15) is 0 Å².